The first-order valence-corrected chi connectivity index (χ1v) is 7.50. The van der Waals surface area contributed by atoms with Crippen molar-refractivity contribution in [3.05, 3.63) is 0 Å². The van der Waals surface area contributed by atoms with E-state index in [1.165, 1.54) is 0 Å². The minimum Gasteiger partial charge on any atom is -0.393 e. The molecule has 0 radical (unpaired) electrons. The number of hydrogen-bond acceptors (Lipinski definition) is 3. The maximum atomic E-state index is 12.3. The fourth-order valence-electron chi connectivity index (χ4n) is 2.44. The normalized spacial score (nSPS) is 20.9. The molecule has 0 bridgehead atoms. The van der Waals surface area contributed by atoms with Crippen LogP contribution in [0.5, 0.6) is 0 Å². The van der Waals surface area contributed by atoms with Crippen LogP contribution in [0.1, 0.15) is 53.4 Å². The van der Waals surface area contributed by atoms with Crippen molar-refractivity contribution in [1.82, 2.24) is 10.2 Å². The van der Waals surface area contributed by atoms with E-state index in [1.807, 2.05) is 20.8 Å². The average Bonchev–Trinajstić information content (AvgIpc) is 2.80. The van der Waals surface area contributed by atoms with Crippen molar-refractivity contribution in [1.29, 1.82) is 0 Å². The Morgan fingerprint density at radius 3 is 2.60 bits per heavy atom. The molecule has 0 saturated carbocycles. The van der Waals surface area contributed by atoms with E-state index < -0.39 is 5.41 Å². The van der Waals surface area contributed by atoms with Gasteiger partial charge in [0.25, 0.3) is 0 Å². The Balaban J connectivity index is 2.48. The molecule has 0 aliphatic carbocycles. The molecule has 0 spiro atoms. The summed E-state index contributed by atoms with van der Waals surface area (Å²) in [5.74, 6) is -0.0233. The van der Waals surface area contributed by atoms with Crippen LogP contribution in [-0.4, -0.2) is 47.1 Å². The first-order valence-electron chi connectivity index (χ1n) is 7.50. The number of aliphatic hydroxyl groups excluding tert-OH is 1. The largest absolute Gasteiger partial charge is 0.393 e. The number of carbonyl (C=O) groups is 2. The van der Waals surface area contributed by atoms with Crippen LogP contribution in [0.25, 0.3) is 0 Å². The summed E-state index contributed by atoms with van der Waals surface area (Å²) in [4.78, 5) is 26.2. The zero-order chi connectivity index (χ0) is 15.3. The lowest BCUT2D eigenvalue weighted by Gasteiger charge is -2.30. The summed E-state index contributed by atoms with van der Waals surface area (Å²) in [5.41, 5.74) is -0.449. The van der Waals surface area contributed by atoms with Crippen LogP contribution in [0.3, 0.4) is 0 Å². The molecule has 1 heterocycles. The Labute approximate surface area is 121 Å². The Bertz CT molecular complexity index is 348. The third-order valence-electron chi connectivity index (χ3n) is 3.56. The summed E-state index contributed by atoms with van der Waals surface area (Å²) >= 11 is 0. The van der Waals surface area contributed by atoms with Crippen molar-refractivity contribution in [2.24, 2.45) is 5.41 Å². The minimum absolute atomic E-state index is 0.0409. The van der Waals surface area contributed by atoms with E-state index in [1.54, 1.807) is 11.8 Å². The molecule has 0 aromatic carbocycles. The Morgan fingerprint density at radius 2 is 2.05 bits per heavy atom. The molecule has 0 aromatic heterocycles. The second kappa shape index (κ2) is 7.07. The highest BCUT2D eigenvalue weighted by Gasteiger charge is 2.38. The van der Waals surface area contributed by atoms with Gasteiger partial charge in [-0.3, -0.25) is 9.59 Å². The van der Waals surface area contributed by atoms with Crippen molar-refractivity contribution in [3.63, 3.8) is 0 Å². The first kappa shape index (κ1) is 17.0. The summed E-state index contributed by atoms with van der Waals surface area (Å²) in [5, 5.41) is 12.0. The van der Waals surface area contributed by atoms with Crippen LogP contribution in [0.4, 0.5) is 0 Å². The van der Waals surface area contributed by atoms with Crippen molar-refractivity contribution < 1.29 is 14.7 Å². The number of aliphatic hydroxyl groups is 1. The quantitative estimate of drug-likeness (QED) is 0.748. The molecule has 2 amide bonds. The predicted octanol–water partition coefficient (Wildman–Crippen LogP) is 1.30. The zero-order valence-electron chi connectivity index (χ0n) is 13.1. The minimum atomic E-state index is -0.449. The number of amides is 2. The van der Waals surface area contributed by atoms with Crippen LogP contribution in [0.2, 0.25) is 0 Å². The fraction of sp³-hybridized carbons (Fsp3) is 0.867. The van der Waals surface area contributed by atoms with E-state index >= 15 is 0 Å². The van der Waals surface area contributed by atoms with E-state index in [2.05, 4.69) is 5.32 Å². The fourth-order valence-corrected chi connectivity index (χ4v) is 2.44. The first-order chi connectivity index (χ1) is 9.23. The molecule has 1 saturated heterocycles. The van der Waals surface area contributed by atoms with Crippen LogP contribution >= 0.6 is 0 Å². The average molecular weight is 284 g/mol. The summed E-state index contributed by atoms with van der Waals surface area (Å²) in [6.45, 7) is 8.60. The van der Waals surface area contributed by atoms with E-state index in [4.69, 9.17) is 5.11 Å². The van der Waals surface area contributed by atoms with Crippen molar-refractivity contribution in [3.8, 4) is 0 Å². The molecule has 0 aromatic rings. The van der Waals surface area contributed by atoms with Gasteiger partial charge >= 0.3 is 0 Å². The lowest BCUT2D eigenvalue weighted by molar-refractivity contribution is -0.144. The predicted molar refractivity (Wildman–Crippen MR) is 78.1 cm³/mol. The molecule has 2 N–H and O–H groups in total. The Morgan fingerprint density at radius 1 is 1.40 bits per heavy atom. The monoisotopic (exact) mass is 284 g/mol. The van der Waals surface area contributed by atoms with Gasteiger partial charge in [-0.1, -0.05) is 20.8 Å². The summed E-state index contributed by atoms with van der Waals surface area (Å²) in [7, 11) is 0. The van der Waals surface area contributed by atoms with E-state index in [0.29, 0.717) is 19.5 Å². The van der Waals surface area contributed by atoms with Gasteiger partial charge in [0.05, 0.1) is 6.10 Å². The van der Waals surface area contributed by atoms with Gasteiger partial charge < -0.3 is 15.3 Å². The van der Waals surface area contributed by atoms with E-state index in [9.17, 15) is 9.59 Å². The molecule has 2 atom stereocenters. The van der Waals surface area contributed by atoms with Crippen molar-refractivity contribution in [2.75, 3.05) is 13.1 Å². The molecule has 1 aliphatic rings. The third kappa shape index (κ3) is 4.78. The molecule has 1 fully saturated rings. The molecule has 5 nitrogen and oxygen atoms in total. The summed E-state index contributed by atoms with van der Waals surface area (Å²) in [6, 6.07) is -0.326. The van der Waals surface area contributed by atoms with E-state index in [-0.39, 0.29) is 24.0 Å². The molecule has 2 unspecified atom stereocenters. The van der Waals surface area contributed by atoms with Gasteiger partial charge in [-0.2, -0.15) is 0 Å². The highest BCUT2D eigenvalue weighted by atomic mass is 16.3. The highest BCUT2D eigenvalue weighted by molar-refractivity contribution is 5.90. The smallest absolute Gasteiger partial charge is 0.242 e. The summed E-state index contributed by atoms with van der Waals surface area (Å²) in [6.07, 6.45) is 2.72. The van der Waals surface area contributed by atoms with Gasteiger partial charge in [0, 0.05) is 18.5 Å². The molecule has 1 rings (SSSR count). The molecule has 5 heteroatoms. The van der Waals surface area contributed by atoms with Crippen LogP contribution in [0.15, 0.2) is 0 Å². The lowest BCUT2D eigenvalue weighted by Crippen LogP contribution is -2.49. The number of nitrogens with zero attached hydrogens (tertiary/aromatic N) is 1. The highest BCUT2D eigenvalue weighted by Crippen LogP contribution is 2.25. The van der Waals surface area contributed by atoms with Crippen LogP contribution < -0.4 is 5.32 Å². The lowest BCUT2D eigenvalue weighted by atomic mass is 9.94. The van der Waals surface area contributed by atoms with Gasteiger partial charge in [0.2, 0.25) is 11.8 Å². The van der Waals surface area contributed by atoms with Crippen LogP contribution in [0, 0.1) is 5.41 Å². The zero-order valence-corrected chi connectivity index (χ0v) is 13.1. The number of likely N-dealkylation sites (tertiary alicyclic amines) is 1. The molecule has 1 aliphatic heterocycles. The number of rotatable bonds is 5. The standard InChI is InChI=1S/C15H28N2O3/c1-11(18)7-5-9-16-13(19)12-8-6-10-17(12)14(20)15(2,3)4/h11-12,18H,5-10H2,1-4H3,(H,16,19). The van der Waals surface area contributed by atoms with Crippen molar-refractivity contribution in [2.45, 2.75) is 65.5 Å². The van der Waals surface area contributed by atoms with Gasteiger partial charge in [-0.05, 0) is 32.6 Å². The van der Waals surface area contributed by atoms with Crippen molar-refractivity contribution >= 4 is 11.8 Å². The maximum Gasteiger partial charge on any atom is 0.242 e. The number of hydrogen-bond donors (Lipinski definition) is 2. The Hall–Kier alpha value is -1.10. The number of nitrogens with one attached hydrogen (secondary N) is 1. The molecular weight excluding hydrogens is 256 g/mol. The topological polar surface area (TPSA) is 69.6 Å². The molecule has 116 valence electrons. The van der Waals surface area contributed by atoms with E-state index in [0.717, 1.165) is 19.3 Å². The molecule has 20 heavy (non-hydrogen) atoms. The SMILES string of the molecule is CC(O)CCCNC(=O)C1CCCN1C(=O)C(C)(C)C. The van der Waals surface area contributed by atoms with Crippen LogP contribution in [-0.2, 0) is 9.59 Å². The molecular formula is C15H28N2O3. The van der Waals surface area contributed by atoms with Gasteiger partial charge in [-0.15, -0.1) is 0 Å². The second-order valence-electron chi connectivity index (χ2n) is 6.69. The van der Waals surface area contributed by atoms with Gasteiger partial charge in [0.1, 0.15) is 6.04 Å². The van der Waals surface area contributed by atoms with Gasteiger partial charge in [0.15, 0.2) is 0 Å². The maximum absolute atomic E-state index is 12.3. The third-order valence-corrected chi connectivity index (χ3v) is 3.56. The Kier molecular flexibility index (Phi) is 5.99. The second-order valence-corrected chi connectivity index (χ2v) is 6.69. The van der Waals surface area contributed by atoms with Gasteiger partial charge in [-0.25, -0.2) is 0 Å². The summed E-state index contributed by atoms with van der Waals surface area (Å²) < 4.78 is 0. The number of carbonyl (C=O) groups excluding carboxylic acids is 2.